The van der Waals surface area contributed by atoms with E-state index in [0.717, 1.165) is 19.4 Å². The summed E-state index contributed by atoms with van der Waals surface area (Å²) in [6, 6.07) is 0. The van der Waals surface area contributed by atoms with Crippen molar-refractivity contribution in [3.05, 3.63) is 29.1 Å². The molecule has 0 saturated carbocycles. The Morgan fingerprint density at radius 2 is 0.608 bits per heavy atom. The van der Waals surface area contributed by atoms with E-state index in [2.05, 4.69) is 11.7 Å². The molecule has 0 spiro atoms. The fourth-order valence-corrected chi connectivity index (χ4v) is 3.54. The minimum atomic E-state index is -2.35. The molecule has 18 heteroatoms. The highest BCUT2D eigenvalue weighted by Gasteiger charge is 2.28. The molecule has 0 radical (unpaired) electrons. The van der Waals surface area contributed by atoms with Crippen LogP contribution in [0.3, 0.4) is 0 Å². The molecule has 0 saturated heterocycles. The summed E-state index contributed by atoms with van der Waals surface area (Å²) in [6.07, 6.45) is 1.71. The highest BCUT2D eigenvalue weighted by molar-refractivity contribution is 5.72. The van der Waals surface area contributed by atoms with Crippen LogP contribution < -0.4 is 4.74 Å². The Bertz CT molecular complexity index is 968. The molecule has 0 fully saturated rings. The maximum absolute atomic E-state index is 13.5. The summed E-state index contributed by atoms with van der Waals surface area (Å²) in [5, 5.41) is 0. The summed E-state index contributed by atoms with van der Waals surface area (Å²) >= 11 is 0. The fourth-order valence-electron chi connectivity index (χ4n) is 3.54. The zero-order valence-electron chi connectivity index (χ0n) is 29.4. The Hall–Kier alpha value is -2.10. The molecule has 13 nitrogen and oxygen atoms in total. The first kappa shape index (κ1) is 46.9. The molecule has 0 heterocycles. The van der Waals surface area contributed by atoms with Gasteiger partial charge in [-0.05, 0) is 6.42 Å². The minimum absolute atomic E-state index is 0.0816. The number of esters is 1. The van der Waals surface area contributed by atoms with Crippen LogP contribution >= 0.6 is 0 Å². The van der Waals surface area contributed by atoms with Gasteiger partial charge in [-0.15, -0.1) is 0 Å². The molecular weight excluding hydrogens is 699 g/mol. The summed E-state index contributed by atoms with van der Waals surface area (Å²) < 4.78 is 130. The van der Waals surface area contributed by atoms with Crippen LogP contribution in [0.15, 0.2) is 0 Å². The molecule has 298 valence electrons. The Balaban J connectivity index is 1.73. The van der Waals surface area contributed by atoms with Gasteiger partial charge < -0.3 is 56.8 Å². The Kier molecular flexibility index (Phi) is 31.0. The number of hydrogen-bond donors (Lipinski definition) is 0. The zero-order chi connectivity index (χ0) is 37.2. The zero-order valence-corrected chi connectivity index (χ0v) is 29.4. The number of rotatable bonds is 37. The summed E-state index contributed by atoms with van der Waals surface area (Å²) in [5.41, 5.74) is 0. The van der Waals surface area contributed by atoms with E-state index in [0.29, 0.717) is 112 Å². The van der Waals surface area contributed by atoms with Crippen LogP contribution in [-0.2, 0) is 56.9 Å². The molecular formula is C33H53F5O13. The number of halogens is 5. The number of hydrogen-bond acceptors (Lipinski definition) is 13. The largest absolute Gasteiger partial charge is 0.420 e. The van der Waals surface area contributed by atoms with Gasteiger partial charge in [-0.3, -0.25) is 4.79 Å². The number of benzene rings is 1. The maximum atomic E-state index is 13.5. The summed E-state index contributed by atoms with van der Waals surface area (Å²) in [5.74, 6) is -14.1. The molecule has 0 aliphatic rings. The number of ether oxygens (including phenoxy) is 12. The third-order valence-electron chi connectivity index (χ3n) is 6.20. The van der Waals surface area contributed by atoms with Crippen molar-refractivity contribution < 1.29 is 83.6 Å². The molecule has 1 aromatic carbocycles. The number of unbranched alkanes of at least 4 members (excludes halogenated alkanes) is 1. The monoisotopic (exact) mass is 752 g/mol. The molecule has 0 aromatic heterocycles. The van der Waals surface area contributed by atoms with Crippen molar-refractivity contribution in [3.8, 4) is 5.75 Å². The molecule has 0 atom stereocenters. The molecule has 0 amide bonds. The van der Waals surface area contributed by atoms with Crippen molar-refractivity contribution in [2.75, 3.05) is 145 Å². The summed E-state index contributed by atoms with van der Waals surface area (Å²) in [6.45, 7) is 11.1. The minimum Gasteiger partial charge on any atom is -0.420 e. The first-order chi connectivity index (χ1) is 24.9. The number of carbonyl (C=O) groups is 1. The molecule has 51 heavy (non-hydrogen) atoms. The van der Waals surface area contributed by atoms with E-state index < -0.39 is 47.2 Å². The maximum Gasteiger partial charge on any atom is 0.313 e. The Morgan fingerprint density at radius 1 is 0.373 bits per heavy atom. The van der Waals surface area contributed by atoms with E-state index in [1.807, 2.05) is 0 Å². The van der Waals surface area contributed by atoms with Gasteiger partial charge in [0, 0.05) is 6.61 Å². The molecule has 0 bridgehead atoms. The summed E-state index contributed by atoms with van der Waals surface area (Å²) in [4.78, 5) is 11.6. The third-order valence-corrected chi connectivity index (χ3v) is 6.20. The second-order valence-electron chi connectivity index (χ2n) is 10.2. The summed E-state index contributed by atoms with van der Waals surface area (Å²) in [7, 11) is 0. The van der Waals surface area contributed by atoms with Gasteiger partial charge in [-0.2, -0.15) is 8.78 Å². The van der Waals surface area contributed by atoms with Crippen LogP contribution in [-0.4, -0.2) is 151 Å². The van der Waals surface area contributed by atoms with Crippen LogP contribution in [0.5, 0.6) is 5.75 Å². The topological polar surface area (TPSA) is 128 Å². The van der Waals surface area contributed by atoms with Gasteiger partial charge in [0.25, 0.3) is 0 Å². The van der Waals surface area contributed by atoms with Crippen molar-refractivity contribution >= 4 is 5.97 Å². The lowest BCUT2D eigenvalue weighted by atomic mass is 10.2. The van der Waals surface area contributed by atoms with Crippen molar-refractivity contribution in [2.24, 2.45) is 0 Å². The van der Waals surface area contributed by atoms with Crippen molar-refractivity contribution in [1.29, 1.82) is 0 Å². The van der Waals surface area contributed by atoms with Crippen LogP contribution in [0.2, 0.25) is 0 Å². The van der Waals surface area contributed by atoms with Gasteiger partial charge in [0.15, 0.2) is 0 Å². The SMILES string of the molecule is CCCCOCCOCCOCCOCCOCCOCCOCCOCCOCCOCCOCCC(=O)Oc1c(F)c(F)c(F)c(F)c1F. The first-order valence-electron chi connectivity index (χ1n) is 17.0. The van der Waals surface area contributed by atoms with Gasteiger partial charge in [-0.1, -0.05) is 13.3 Å². The third kappa shape index (κ3) is 25.5. The highest BCUT2D eigenvalue weighted by atomic mass is 19.2. The van der Waals surface area contributed by atoms with Crippen molar-refractivity contribution in [2.45, 2.75) is 26.2 Å². The number of carbonyl (C=O) groups excluding carboxylic acids is 1. The van der Waals surface area contributed by atoms with E-state index in [1.165, 1.54) is 0 Å². The second-order valence-corrected chi connectivity index (χ2v) is 10.2. The Morgan fingerprint density at radius 3 is 0.882 bits per heavy atom. The fraction of sp³-hybridized carbons (Fsp3) is 0.788. The first-order valence-corrected chi connectivity index (χ1v) is 17.0. The quantitative estimate of drug-likeness (QED) is 0.0245. The van der Waals surface area contributed by atoms with Gasteiger partial charge >= 0.3 is 5.97 Å². The van der Waals surface area contributed by atoms with Gasteiger partial charge in [0.1, 0.15) is 0 Å². The normalized spacial score (nSPS) is 11.5. The Labute approximate surface area is 296 Å². The molecule has 0 aliphatic heterocycles. The highest BCUT2D eigenvalue weighted by Crippen LogP contribution is 2.29. The average molecular weight is 753 g/mol. The lowest BCUT2D eigenvalue weighted by molar-refractivity contribution is -0.136. The predicted molar refractivity (Wildman–Crippen MR) is 170 cm³/mol. The van der Waals surface area contributed by atoms with Crippen LogP contribution in [0.1, 0.15) is 26.2 Å². The standard InChI is InChI=1S/C33H53F5O13/c1-2-3-5-40-7-9-42-11-13-44-15-17-46-19-21-48-23-25-50-26-24-49-22-20-47-18-16-45-14-12-43-10-8-41-6-4-27(39)51-33-31(37)29(35)28(34)30(36)32(33)38/h2-26H2,1H3. The van der Waals surface area contributed by atoms with Gasteiger partial charge in [0.2, 0.25) is 34.8 Å². The smallest absolute Gasteiger partial charge is 0.313 e. The van der Waals surface area contributed by atoms with Crippen LogP contribution in [0.4, 0.5) is 22.0 Å². The van der Waals surface area contributed by atoms with E-state index in [4.69, 9.17) is 52.1 Å². The molecule has 1 rings (SSSR count). The average Bonchev–Trinajstić information content (AvgIpc) is 3.13. The lowest BCUT2D eigenvalue weighted by Gasteiger charge is -2.09. The second kappa shape index (κ2) is 33.7. The molecule has 0 unspecified atom stereocenters. The molecule has 0 aliphatic carbocycles. The van der Waals surface area contributed by atoms with Gasteiger partial charge in [-0.25, -0.2) is 13.2 Å². The van der Waals surface area contributed by atoms with E-state index in [-0.39, 0.29) is 26.4 Å². The van der Waals surface area contributed by atoms with E-state index in [1.54, 1.807) is 0 Å². The predicted octanol–water partition coefficient (Wildman–Crippen LogP) is 3.66. The molecule has 1 aromatic rings. The van der Waals surface area contributed by atoms with Crippen molar-refractivity contribution in [1.82, 2.24) is 0 Å². The van der Waals surface area contributed by atoms with E-state index in [9.17, 15) is 26.7 Å². The molecule has 0 N–H and O–H groups in total. The van der Waals surface area contributed by atoms with Crippen molar-refractivity contribution in [3.63, 3.8) is 0 Å². The van der Waals surface area contributed by atoms with Gasteiger partial charge in [0.05, 0.1) is 145 Å². The van der Waals surface area contributed by atoms with Crippen LogP contribution in [0, 0.1) is 29.1 Å². The lowest BCUT2D eigenvalue weighted by Crippen LogP contribution is -2.16. The van der Waals surface area contributed by atoms with Crippen LogP contribution in [0.25, 0.3) is 0 Å². The van der Waals surface area contributed by atoms with E-state index >= 15 is 0 Å².